The van der Waals surface area contributed by atoms with Gasteiger partial charge in [0.05, 0.1) is 5.69 Å². The molecule has 0 aliphatic rings. The van der Waals surface area contributed by atoms with Crippen molar-refractivity contribution in [1.82, 2.24) is 19.2 Å². The van der Waals surface area contributed by atoms with Crippen LogP contribution in [-0.4, -0.2) is 25.1 Å². The Kier molecular flexibility index (Phi) is 3.81. The summed E-state index contributed by atoms with van der Waals surface area (Å²) in [5, 5.41) is 2.62. The van der Waals surface area contributed by atoms with Crippen LogP contribution in [0.4, 0.5) is 5.82 Å². The summed E-state index contributed by atoms with van der Waals surface area (Å²) < 4.78 is 3.09. The Hall–Kier alpha value is -3.74. The summed E-state index contributed by atoms with van der Waals surface area (Å²) >= 11 is 0. The molecule has 7 nitrogen and oxygen atoms in total. The Morgan fingerprint density at radius 3 is 2.54 bits per heavy atom. The van der Waals surface area contributed by atoms with Crippen molar-refractivity contribution >= 4 is 17.4 Å². The lowest BCUT2D eigenvalue weighted by atomic mass is 10.3. The lowest BCUT2D eigenvalue weighted by Gasteiger charge is -2.08. The second kappa shape index (κ2) is 6.29. The molecule has 3 heterocycles. The zero-order valence-electron chi connectivity index (χ0n) is 14.0. The van der Waals surface area contributed by atoms with Crippen molar-refractivity contribution in [3.63, 3.8) is 0 Å². The number of anilines is 1. The number of carbonyl (C=O) groups excluding carboxylic acids is 1. The Morgan fingerprint density at radius 1 is 1.04 bits per heavy atom. The van der Waals surface area contributed by atoms with E-state index in [1.54, 1.807) is 29.1 Å². The van der Waals surface area contributed by atoms with E-state index in [2.05, 4.69) is 15.3 Å². The normalized spacial score (nSPS) is 10.8. The van der Waals surface area contributed by atoms with Gasteiger partial charge in [-0.3, -0.25) is 14.3 Å². The molecule has 4 aromatic rings. The third-order valence-corrected chi connectivity index (χ3v) is 4.00. The number of nitrogens with one attached hydrogen (secondary N) is 1. The minimum Gasteiger partial charge on any atom is -0.306 e. The summed E-state index contributed by atoms with van der Waals surface area (Å²) in [6, 6.07) is 14.6. The molecule has 7 heteroatoms. The van der Waals surface area contributed by atoms with Crippen LogP contribution in [-0.2, 0) is 0 Å². The number of para-hydroxylation sites is 1. The fraction of sp³-hybridized carbons (Fsp3) is 0.0526. The molecule has 0 aliphatic heterocycles. The maximum atomic E-state index is 13.0. The molecule has 1 amide bonds. The van der Waals surface area contributed by atoms with Crippen LogP contribution >= 0.6 is 0 Å². The monoisotopic (exact) mass is 345 g/mol. The van der Waals surface area contributed by atoms with Crippen LogP contribution in [0.2, 0.25) is 0 Å². The average molecular weight is 345 g/mol. The van der Waals surface area contributed by atoms with E-state index in [0.29, 0.717) is 11.5 Å². The molecule has 0 radical (unpaired) electrons. The van der Waals surface area contributed by atoms with Crippen LogP contribution in [0.25, 0.3) is 11.3 Å². The van der Waals surface area contributed by atoms with Crippen molar-refractivity contribution < 1.29 is 4.79 Å². The van der Waals surface area contributed by atoms with Crippen molar-refractivity contribution in [2.45, 2.75) is 6.92 Å². The summed E-state index contributed by atoms with van der Waals surface area (Å²) in [7, 11) is 0. The number of carbonyl (C=O) groups is 1. The van der Waals surface area contributed by atoms with Gasteiger partial charge in [0.15, 0.2) is 5.65 Å². The minimum atomic E-state index is -0.547. The number of hydrogen-bond acceptors (Lipinski definition) is 4. The topological polar surface area (TPSA) is 81.3 Å². The summed E-state index contributed by atoms with van der Waals surface area (Å²) in [4.78, 5) is 33.9. The number of rotatable bonds is 3. The largest absolute Gasteiger partial charge is 0.306 e. The van der Waals surface area contributed by atoms with Gasteiger partial charge < -0.3 is 5.32 Å². The number of benzene rings is 1. The van der Waals surface area contributed by atoms with Crippen molar-refractivity contribution in [1.29, 1.82) is 0 Å². The van der Waals surface area contributed by atoms with E-state index in [1.807, 2.05) is 43.5 Å². The minimum absolute atomic E-state index is 0.0524. The molecule has 0 fully saturated rings. The van der Waals surface area contributed by atoms with E-state index >= 15 is 0 Å². The maximum Gasteiger partial charge on any atom is 0.286 e. The zero-order valence-corrected chi connectivity index (χ0v) is 14.0. The predicted octanol–water partition coefficient (Wildman–Crippen LogP) is 2.44. The van der Waals surface area contributed by atoms with Gasteiger partial charge in [-0.25, -0.2) is 9.97 Å². The maximum absolute atomic E-state index is 13.0. The molecule has 3 aromatic heterocycles. The number of pyridine rings is 1. The highest BCUT2D eigenvalue weighted by atomic mass is 16.2. The first kappa shape index (κ1) is 15.8. The number of amides is 1. The van der Waals surface area contributed by atoms with Gasteiger partial charge >= 0.3 is 0 Å². The van der Waals surface area contributed by atoms with Crippen LogP contribution in [0.1, 0.15) is 15.9 Å². The van der Waals surface area contributed by atoms with E-state index in [9.17, 15) is 9.59 Å². The van der Waals surface area contributed by atoms with Crippen LogP contribution in [0.3, 0.4) is 0 Å². The number of aromatic nitrogens is 4. The van der Waals surface area contributed by atoms with Gasteiger partial charge in [0.2, 0.25) is 0 Å². The molecule has 0 spiro atoms. The SMILES string of the molecule is Cc1cn(-c2ccccc2)n2c(=O)c(C(=O)Nc3ccccn3)cnc12. The smallest absolute Gasteiger partial charge is 0.286 e. The fourth-order valence-electron chi connectivity index (χ4n) is 2.76. The van der Waals surface area contributed by atoms with Crippen molar-refractivity contribution in [3.05, 3.63) is 88.6 Å². The van der Waals surface area contributed by atoms with E-state index in [-0.39, 0.29) is 5.56 Å². The van der Waals surface area contributed by atoms with E-state index in [0.717, 1.165) is 11.3 Å². The fourth-order valence-corrected chi connectivity index (χ4v) is 2.76. The average Bonchev–Trinajstić information content (AvgIpc) is 3.01. The molecule has 4 rings (SSSR count). The molecule has 0 bridgehead atoms. The molecule has 1 N–H and O–H groups in total. The first-order valence-electron chi connectivity index (χ1n) is 8.03. The van der Waals surface area contributed by atoms with Crippen LogP contribution in [0.5, 0.6) is 0 Å². The molecule has 0 saturated heterocycles. The zero-order chi connectivity index (χ0) is 18.1. The second-order valence-corrected chi connectivity index (χ2v) is 5.77. The molecular formula is C19H15N5O2. The lowest BCUT2D eigenvalue weighted by Crippen LogP contribution is -2.29. The molecule has 128 valence electrons. The Balaban J connectivity index is 1.84. The summed E-state index contributed by atoms with van der Waals surface area (Å²) in [6.45, 7) is 1.87. The van der Waals surface area contributed by atoms with E-state index in [1.165, 1.54) is 10.7 Å². The molecular weight excluding hydrogens is 330 g/mol. The predicted molar refractivity (Wildman–Crippen MR) is 97.7 cm³/mol. The van der Waals surface area contributed by atoms with Crippen LogP contribution in [0.15, 0.2) is 71.9 Å². The lowest BCUT2D eigenvalue weighted by molar-refractivity contribution is 0.102. The van der Waals surface area contributed by atoms with Crippen molar-refractivity contribution in [2.75, 3.05) is 5.32 Å². The van der Waals surface area contributed by atoms with E-state index < -0.39 is 11.5 Å². The molecule has 26 heavy (non-hydrogen) atoms. The molecule has 0 unspecified atom stereocenters. The highest BCUT2D eigenvalue weighted by molar-refractivity contribution is 6.03. The van der Waals surface area contributed by atoms with E-state index in [4.69, 9.17) is 0 Å². The third-order valence-electron chi connectivity index (χ3n) is 4.00. The summed E-state index contributed by atoms with van der Waals surface area (Å²) in [5.41, 5.74) is 1.65. The first-order chi connectivity index (χ1) is 12.6. The molecule has 1 aromatic carbocycles. The molecule has 0 aliphatic carbocycles. The number of aryl methyl sites for hydroxylation is 1. The van der Waals surface area contributed by atoms with Gasteiger partial charge in [-0.1, -0.05) is 24.3 Å². The Morgan fingerprint density at radius 2 is 1.81 bits per heavy atom. The van der Waals surface area contributed by atoms with Crippen LogP contribution in [0, 0.1) is 6.92 Å². The first-order valence-corrected chi connectivity index (χ1v) is 8.03. The third kappa shape index (κ3) is 2.65. The van der Waals surface area contributed by atoms with Crippen LogP contribution < -0.4 is 10.9 Å². The van der Waals surface area contributed by atoms with Crippen molar-refractivity contribution in [2.24, 2.45) is 0 Å². The van der Waals surface area contributed by atoms with Gasteiger partial charge in [-0.05, 0) is 31.2 Å². The van der Waals surface area contributed by atoms with Gasteiger partial charge in [0, 0.05) is 24.2 Å². The van der Waals surface area contributed by atoms with Gasteiger partial charge in [-0.2, -0.15) is 4.52 Å². The number of hydrogen-bond donors (Lipinski definition) is 1. The highest BCUT2D eigenvalue weighted by Crippen LogP contribution is 2.14. The number of nitrogens with zero attached hydrogens (tertiary/aromatic N) is 4. The Labute approximate surface area is 148 Å². The quantitative estimate of drug-likeness (QED) is 0.618. The van der Waals surface area contributed by atoms with Gasteiger partial charge in [-0.15, -0.1) is 0 Å². The molecule has 0 atom stereocenters. The van der Waals surface area contributed by atoms with Gasteiger partial charge in [0.25, 0.3) is 11.5 Å². The highest BCUT2D eigenvalue weighted by Gasteiger charge is 2.18. The summed E-state index contributed by atoms with van der Waals surface area (Å²) in [5.74, 6) is -0.175. The number of fused-ring (bicyclic) bond motifs is 1. The summed E-state index contributed by atoms with van der Waals surface area (Å²) in [6.07, 6.45) is 4.69. The standard InChI is InChI=1S/C19H15N5O2/c1-13-12-23(14-7-3-2-4-8-14)24-17(13)21-11-15(19(24)26)18(25)22-16-9-5-6-10-20-16/h2-12H,1H3,(H,20,22,25). The second-order valence-electron chi connectivity index (χ2n) is 5.77. The Bertz CT molecular complexity index is 1150. The van der Waals surface area contributed by atoms with Crippen molar-refractivity contribution in [3.8, 4) is 5.69 Å². The van der Waals surface area contributed by atoms with Gasteiger partial charge in [0.1, 0.15) is 11.4 Å². The molecule has 0 saturated carbocycles.